The standard InChI is InChI=1S/C18H20N4O3/c1-14-15(6-10-24-14)12-20-18(23)21-16-4-2-3-5-17(16)25-11-9-22-8-7-19-13-22/h2-8,10,13H,9,11-12H2,1H3,(H2,20,21,23). The second-order valence-corrected chi connectivity index (χ2v) is 5.45. The molecule has 0 aliphatic carbocycles. The van der Waals surface area contributed by atoms with Crippen molar-refractivity contribution < 1.29 is 13.9 Å². The first-order chi connectivity index (χ1) is 12.2. The maximum atomic E-state index is 12.1. The summed E-state index contributed by atoms with van der Waals surface area (Å²) in [6.07, 6.45) is 6.94. The van der Waals surface area contributed by atoms with Crippen LogP contribution in [0, 0.1) is 6.92 Å². The van der Waals surface area contributed by atoms with Gasteiger partial charge in [-0.1, -0.05) is 12.1 Å². The SMILES string of the molecule is Cc1occc1CNC(=O)Nc1ccccc1OCCn1ccnc1. The average molecular weight is 340 g/mol. The average Bonchev–Trinajstić information content (AvgIpc) is 3.26. The predicted octanol–water partition coefficient (Wildman–Crippen LogP) is 3.19. The van der Waals surface area contributed by atoms with Crippen molar-refractivity contribution in [2.24, 2.45) is 0 Å². The van der Waals surface area contributed by atoms with Crippen LogP contribution in [0.5, 0.6) is 5.75 Å². The summed E-state index contributed by atoms with van der Waals surface area (Å²) in [4.78, 5) is 16.1. The van der Waals surface area contributed by atoms with E-state index in [9.17, 15) is 4.79 Å². The van der Waals surface area contributed by atoms with Crippen molar-refractivity contribution in [3.63, 3.8) is 0 Å². The molecule has 2 heterocycles. The molecule has 0 aliphatic rings. The highest BCUT2D eigenvalue weighted by Crippen LogP contribution is 2.23. The zero-order chi connectivity index (χ0) is 17.5. The lowest BCUT2D eigenvalue weighted by Crippen LogP contribution is -2.28. The molecule has 3 aromatic rings. The van der Waals surface area contributed by atoms with Gasteiger partial charge in [0.25, 0.3) is 0 Å². The Labute approximate surface area is 145 Å². The summed E-state index contributed by atoms with van der Waals surface area (Å²) in [5, 5.41) is 5.61. The molecule has 1 aromatic carbocycles. The largest absolute Gasteiger partial charge is 0.490 e. The van der Waals surface area contributed by atoms with Gasteiger partial charge in [-0.15, -0.1) is 0 Å². The molecule has 130 valence electrons. The van der Waals surface area contributed by atoms with Crippen molar-refractivity contribution in [3.8, 4) is 5.75 Å². The van der Waals surface area contributed by atoms with Gasteiger partial charge >= 0.3 is 6.03 Å². The molecule has 3 rings (SSSR count). The van der Waals surface area contributed by atoms with Gasteiger partial charge in [0.05, 0.1) is 24.8 Å². The molecule has 0 bridgehead atoms. The maximum Gasteiger partial charge on any atom is 0.319 e. The molecule has 0 fully saturated rings. The normalized spacial score (nSPS) is 10.4. The number of urea groups is 1. The number of carbonyl (C=O) groups is 1. The van der Waals surface area contributed by atoms with Gasteiger partial charge < -0.3 is 24.4 Å². The molecule has 0 saturated carbocycles. The zero-order valence-electron chi connectivity index (χ0n) is 13.9. The summed E-state index contributed by atoms with van der Waals surface area (Å²) in [5.41, 5.74) is 1.56. The number of aryl methyl sites for hydroxylation is 1. The Morgan fingerprint density at radius 1 is 1.32 bits per heavy atom. The number of carbonyl (C=O) groups excluding carboxylic acids is 1. The van der Waals surface area contributed by atoms with Gasteiger partial charge in [-0.05, 0) is 25.1 Å². The highest BCUT2D eigenvalue weighted by molar-refractivity contribution is 5.90. The number of furan rings is 1. The number of benzene rings is 1. The van der Waals surface area contributed by atoms with E-state index in [2.05, 4.69) is 15.6 Å². The summed E-state index contributed by atoms with van der Waals surface area (Å²) < 4.78 is 12.9. The van der Waals surface area contributed by atoms with Crippen molar-refractivity contribution >= 4 is 11.7 Å². The van der Waals surface area contributed by atoms with Crippen LogP contribution < -0.4 is 15.4 Å². The Hall–Kier alpha value is -3.22. The third-order valence-electron chi connectivity index (χ3n) is 3.71. The second kappa shape index (κ2) is 8.05. The Bertz CT molecular complexity index is 811. The lowest BCUT2D eigenvalue weighted by molar-refractivity contribution is 0.251. The lowest BCUT2D eigenvalue weighted by Gasteiger charge is -2.13. The van der Waals surface area contributed by atoms with Gasteiger partial charge in [0.2, 0.25) is 0 Å². The van der Waals surface area contributed by atoms with Crippen LogP contribution in [0.2, 0.25) is 0 Å². The van der Waals surface area contributed by atoms with Crippen LogP contribution in [-0.4, -0.2) is 22.2 Å². The quantitative estimate of drug-likeness (QED) is 0.692. The van der Waals surface area contributed by atoms with Crippen LogP contribution >= 0.6 is 0 Å². The summed E-state index contributed by atoms with van der Waals surface area (Å²) in [6, 6.07) is 8.87. The zero-order valence-corrected chi connectivity index (χ0v) is 13.9. The number of amides is 2. The summed E-state index contributed by atoms with van der Waals surface area (Å²) in [6.45, 7) is 3.42. The number of aromatic nitrogens is 2. The number of rotatable bonds is 7. The smallest absolute Gasteiger partial charge is 0.319 e. The number of imidazole rings is 1. The van der Waals surface area contributed by atoms with Crippen LogP contribution in [0.25, 0.3) is 0 Å². The molecule has 2 aromatic heterocycles. The van der Waals surface area contributed by atoms with Crippen LogP contribution in [0.3, 0.4) is 0 Å². The fraction of sp³-hybridized carbons (Fsp3) is 0.222. The minimum Gasteiger partial charge on any atom is -0.490 e. The van der Waals surface area contributed by atoms with E-state index in [1.54, 1.807) is 24.9 Å². The first-order valence-corrected chi connectivity index (χ1v) is 7.98. The van der Waals surface area contributed by atoms with E-state index >= 15 is 0 Å². The van der Waals surface area contributed by atoms with Crippen molar-refractivity contribution in [3.05, 3.63) is 66.6 Å². The first kappa shape index (κ1) is 16.6. The highest BCUT2D eigenvalue weighted by atomic mass is 16.5. The van der Waals surface area contributed by atoms with E-state index in [1.165, 1.54) is 0 Å². The molecule has 0 radical (unpaired) electrons. The van der Waals surface area contributed by atoms with Crippen molar-refractivity contribution in [2.45, 2.75) is 20.0 Å². The third kappa shape index (κ3) is 4.63. The summed E-state index contributed by atoms with van der Waals surface area (Å²) in [7, 11) is 0. The Balaban J connectivity index is 1.52. The number of ether oxygens (including phenoxy) is 1. The Morgan fingerprint density at radius 3 is 2.96 bits per heavy atom. The maximum absolute atomic E-state index is 12.1. The van der Waals surface area contributed by atoms with Crippen molar-refractivity contribution in [1.82, 2.24) is 14.9 Å². The second-order valence-electron chi connectivity index (χ2n) is 5.45. The van der Waals surface area contributed by atoms with E-state index in [-0.39, 0.29) is 6.03 Å². The molecule has 0 spiro atoms. The molecule has 7 nitrogen and oxygen atoms in total. The molecule has 25 heavy (non-hydrogen) atoms. The van der Waals surface area contributed by atoms with Crippen LogP contribution in [-0.2, 0) is 13.1 Å². The molecule has 7 heteroatoms. The highest BCUT2D eigenvalue weighted by Gasteiger charge is 2.08. The molecule has 0 unspecified atom stereocenters. The van der Waals surface area contributed by atoms with Gasteiger partial charge in [0.1, 0.15) is 18.1 Å². The first-order valence-electron chi connectivity index (χ1n) is 7.98. The van der Waals surface area contributed by atoms with Crippen LogP contribution in [0.15, 0.2) is 59.7 Å². The topological polar surface area (TPSA) is 81.3 Å². The van der Waals surface area contributed by atoms with E-state index in [4.69, 9.17) is 9.15 Å². The molecular formula is C18H20N4O3. The monoisotopic (exact) mass is 340 g/mol. The molecule has 0 saturated heterocycles. The number of nitrogens with one attached hydrogen (secondary N) is 2. The number of hydrogen-bond acceptors (Lipinski definition) is 4. The third-order valence-corrected chi connectivity index (χ3v) is 3.71. The van der Waals surface area contributed by atoms with E-state index in [0.717, 1.165) is 11.3 Å². The molecule has 0 aliphatic heterocycles. The number of nitrogens with zero attached hydrogens (tertiary/aromatic N) is 2. The van der Waals surface area contributed by atoms with E-state index in [1.807, 2.05) is 42.0 Å². The van der Waals surface area contributed by atoms with E-state index in [0.29, 0.717) is 31.1 Å². The Kier molecular flexibility index (Phi) is 5.36. The Morgan fingerprint density at radius 2 is 2.20 bits per heavy atom. The van der Waals surface area contributed by atoms with Crippen molar-refractivity contribution in [2.75, 3.05) is 11.9 Å². The predicted molar refractivity (Wildman–Crippen MR) is 93.5 cm³/mol. The number of hydrogen-bond donors (Lipinski definition) is 2. The fourth-order valence-electron chi connectivity index (χ4n) is 2.31. The van der Waals surface area contributed by atoms with Gasteiger partial charge in [0.15, 0.2) is 0 Å². The van der Waals surface area contributed by atoms with Gasteiger partial charge in [-0.2, -0.15) is 0 Å². The summed E-state index contributed by atoms with van der Waals surface area (Å²) in [5.74, 6) is 1.42. The van der Waals surface area contributed by atoms with Crippen molar-refractivity contribution in [1.29, 1.82) is 0 Å². The number of anilines is 1. The lowest BCUT2D eigenvalue weighted by atomic mass is 10.2. The van der Waals surface area contributed by atoms with E-state index < -0.39 is 0 Å². The summed E-state index contributed by atoms with van der Waals surface area (Å²) >= 11 is 0. The van der Waals surface area contributed by atoms with Gasteiger partial charge in [-0.3, -0.25) is 0 Å². The van der Waals surface area contributed by atoms with Crippen LogP contribution in [0.4, 0.5) is 10.5 Å². The van der Waals surface area contributed by atoms with Crippen LogP contribution in [0.1, 0.15) is 11.3 Å². The molecule has 2 amide bonds. The molecule has 0 atom stereocenters. The molecular weight excluding hydrogens is 320 g/mol. The fourth-order valence-corrected chi connectivity index (χ4v) is 2.31. The van der Waals surface area contributed by atoms with Gasteiger partial charge in [-0.25, -0.2) is 9.78 Å². The van der Waals surface area contributed by atoms with Gasteiger partial charge in [0, 0.05) is 24.5 Å². The minimum atomic E-state index is -0.300. The minimum absolute atomic E-state index is 0.300. The molecule has 2 N–H and O–H groups in total. The number of para-hydroxylation sites is 2.